The summed E-state index contributed by atoms with van der Waals surface area (Å²) in [7, 11) is 1.70. The van der Waals surface area contributed by atoms with E-state index in [1.165, 1.54) is 16.5 Å². The van der Waals surface area contributed by atoms with Crippen molar-refractivity contribution >= 4 is 27.7 Å². The van der Waals surface area contributed by atoms with Crippen LogP contribution < -0.4 is 10.5 Å². The lowest BCUT2D eigenvalue weighted by atomic mass is 9.88. The Labute approximate surface area is 187 Å². The molecule has 2 aromatic carbocycles. The van der Waals surface area contributed by atoms with Crippen LogP contribution in [-0.4, -0.2) is 47.5 Å². The van der Waals surface area contributed by atoms with Crippen molar-refractivity contribution < 1.29 is 9.53 Å². The van der Waals surface area contributed by atoms with E-state index in [0.717, 1.165) is 67.5 Å². The van der Waals surface area contributed by atoms with Crippen LogP contribution in [0.25, 0.3) is 21.8 Å². The highest BCUT2D eigenvalue weighted by Gasteiger charge is 2.23. The molecular formula is C26H30N4O2. The second kappa shape index (κ2) is 8.71. The number of benzene rings is 2. The molecule has 0 aliphatic carbocycles. The van der Waals surface area contributed by atoms with E-state index in [1.54, 1.807) is 13.2 Å². The fourth-order valence-corrected chi connectivity index (χ4v) is 5.09. The molecule has 1 aliphatic rings. The summed E-state index contributed by atoms with van der Waals surface area (Å²) < 4.78 is 5.32. The number of aromatic amines is 2. The van der Waals surface area contributed by atoms with Crippen LogP contribution in [0.15, 0.2) is 48.8 Å². The minimum atomic E-state index is -0.372. The average molecular weight is 431 g/mol. The maximum Gasteiger partial charge on any atom is 0.248 e. The van der Waals surface area contributed by atoms with Crippen LogP contribution in [0.4, 0.5) is 0 Å². The van der Waals surface area contributed by atoms with E-state index < -0.39 is 0 Å². The maximum atomic E-state index is 11.6. The number of piperidine rings is 1. The van der Waals surface area contributed by atoms with Crippen molar-refractivity contribution in [1.82, 2.24) is 14.9 Å². The summed E-state index contributed by atoms with van der Waals surface area (Å²) >= 11 is 0. The number of nitrogens with zero attached hydrogens (tertiary/aromatic N) is 1. The molecule has 0 radical (unpaired) electrons. The van der Waals surface area contributed by atoms with Gasteiger partial charge in [0.2, 0.25) is 5.91 Å². The van der Waals surface area contributed by atoms with Crippen molar-refractivity contribution in [3.05, 3.63) is 65.5 Å². The van der Waals surface area contributed by atoms with Crippen LogP contribution in [0.2, 0.25) is 0 Å². The van der Waals surface area contributed by atoms with Gasteiger partial charge in [-0.2, -0.15) is 0 Å². The van der Waals surface area contributed by atoms with Crippen molar-refractivity contribution in [1.29, 1.82) is 0 Å². The van der Waals surface area contributed by atoms with Crippen LogP contribution in [0, 0.1) is 0 Å². The van der Waals surface area contributed by atoms with Gasteiger partial charge in [-0.05, 0) is 92.7 Å². The van der Waals surface area contributed by atoms with E-state index in [4.69, 9.17) is 10.5 Å². The molecule has 0 bridgehead atoms. The maximum absolute atomic E-state index is 11.6. The average Bonchev–Trinajstić information content (AvgIpc) is 3.43. The number of hydrogen-bond donors (Lipinski definition) is 3. The van der Waals surface area contributed by atoms with Gasteiger partial charge in [-0.3, -0.25) is 4.79 Å². The number of ether oxygens (including phenoxy) is 1. The van der Waals surface area contributed by atoms with Crippen LogP contribution in [-0.2, 0) is 6.42 Å². The Bertz CT molecular complexity index is 1250. The molecule has 6 nitrogen and oxygen atoms in total. The van der Waals surface area contributed by atoms with Crippen molar-refractivity contribution in [3.8, 4) is 5.75 Å². The molecule has 1 amide bonds. The van der Waals surface area contributed by atoms with E-state index >= 15 is 0 Å². The van der Waals surface area contributed by atoms with Gasteiger partial charge >= 0.3 is 0 Å². The van der Waals surface area contributed by atoms with E-state index in [0.29, 0.717) is 11.5 Å². The summed E-state index contributed by atoms with van der Waals surface area (Å²) in [5, 5.41) is 2.43. The van der Waals surface area contributed by atoms with Gasteiger partial charge in [0.25, 0.3) is 0 Å². The first-order valence-electron chi connectivity index (χ1n) is 11.4. The van der Waals surface area contributed by atoms with E-state index in [1.807, 2.05) is 18.2 Å². The van der Waals surface area contributed by atoms with Crippen LogP contribution >= 0.6 is 0 Å². The number of likely N-dealkylation sites (tertiary alicyclic amines) is 1. The lowest BCUT2D eigenvalue weighted by Crippen LogP contribution is -2.33. The van der Waals surface area contributed by atoms with Gasteiger partial charge in [-0.1, -0.05) is 0 Å². The summed E-state index contributed by atoms with van der Waals surface area (Å²) in [6.07, 6.45) is 8.75. The number of primary amides is 1. The molecule has 0 atom stereocenters. The highest BCUT2D eigenvalue weighted by molar-refractivity contribution is 5.98. The number of carbonyl (C=O) groups is 1. The molecule has 0 unspecified atom stereocenters. The Hall–Kier alpha value is -3.25. The first-order chi connectivity index (χ1) is 15.6. The van der Waals surface area contributed by atoms with Crippen molar-refractivity contribution in [2.75, 3.05) is 26.7 Å². The Kier molecular flexibility index (Phi) is 5.62. The number of carbonyl (C=O) groups excluding carboxylic acids is 1. The highest BCUT2D eigenvalue weighted by Crippen LogP contribution is 2.34. The van der Waals surface area contributed by atoms with Gasteiger partial charge < -0.3 is 25.3 Å². The number of nitrogens with one attached hydrogen (secondary N) is 2. The summed E-state index contributed by atoms with van der Waals surface area (Å²) in [5.41, 5.74) is 11.0. The molecule has 2 aromatic heterocycles. The summed E-state index contributed by atoms with van der Waals surface area (Å²) in [6.45, 7) is 3.34. The number of H-pyrrole nitrogens is 2. The van der Waals surface area contributed by atoms with Crippen LogP contribution in [0.3, 0.4) is 0 Å². The Morgan fingerprint density at radius 3 is 2.66 bits per heavy atom. The zero-order valence-electron chi connectivity index (χ0n) is 18.5. The topological polar surface area (TPSA) is 87.1 Å². The molecule has 4 aromatic rings. The Morgan fingerprint density at radius 2 is 1.88 bits per heavy atom. The molecule has 0 saturated carbocycles. The number of aryl methyl sites for hydroxylation is 1. The minimum absolute atomic E-state index is 0.372. The fourth-order valence-electron chi connectivity index (χ4n) is 5.09. The molecular weight excluding hydrogens is 400 g/mol. The number of amides is 1. The second-order valence-electron chi connectivity index (χ2n) is 8.81. The molecule has 5 rings (SSSR count). The van der Waals surface area contributed by atoms with Gasteiger partial charge in [0.05, 0.1) is 7.11 Å². The highest BCUT2D eigenvalue weighted by atomic mass is 16.5. The van der Waals surface area contributed by atoms with Crippen molar-refractivity contribution in [2.45, 2.75) is 31.6 Å². The van der Waals surface area contributed by atoms with Gasteiger partial charge in [0, 0.05) is 45.8 Å². The number of nitrogens with two attached hydrogens (primary N) is 1. The van der Waals surface area contributed by atoms with Gasteiger partial charge in [0.15, 0.2) is 0 Å². The first-order valence-corrected chi connectivity index (χ1v) is 11.4. The summed E-state index contributed by atoms with van der Waals surface area (Å²) in [4.78, 5) is 20.9. The number of aromatic nitrogens is 2. The van der Waals surface area contributed by atoms with Gasteiger partial charge in [-0.25, -0.2) is 0 Å². The van der Waals surface area contributed by atoms with Crippen LogP contribution in [0.5, 0.6) is 5.75 Å². The zero-order valence-corrected chi connectivity index (χ0v) is 18.5. The second-order valence-corrected chi connectivity index (χ2v) is 8.81. The smallest absolute Gasteiger partial charge is 0.248 e. The SMILES string of the molecule is COc1ccc2c(CCCN3CCC(c4c[nH]c5ccc(C(N)=O)cc45)CC3)c[nH]c2c1. The third-order valence-corrected chi connectivity index (χ3v) is 6.92. The van der Waals surface area contributed by atoms with Crippen LogP contribution in [0.1, 0.15) is 46.7 Å². The predicted octanol–water partition coefficient (Wildman–Crippen LogP) is 4.57. The standard InChI is InChI=1S/C26H30N4O2/c1-32-20-5-6-21-19(15-28-25(21)14-20)3-2-10-30-11-8-17(9-12-30)23-16-29-24-7-4-18(26(27)31)13-22(23)24/h4-7,13-17,28-29H,2-3,8-12H2,1H3,(H2,27,31). The Morgan fingerprint density at radius 1 is 1.06 bits per heavy atom. The third kappa shape index (κ3) is 3.98. The largest absolute Gasteiger partial charge is 0.497 e. The van der Waals surface area contributed by atoms with E-state index in [-0.39, 0.29) is 5.91 Å². The number of hydrogen-bond acceptors (Lipinski definition) is 3. The molecule has 166 valence electrons. The fraction of sp³-hybridized carbons (Fsp3) is 0.346. The normalized spacial score (nSPS) is 15.5. The first kappa shape index (κ1) is 20.6. The molecule has 3 heterocycles. The molecule has 32 heavy (non-hydrogen) atoms. The molecule has 1 fully saturated rings. The molecule has 6 heteroatoms. The summed E-state index contributed by atoms with van der Waals surface area (Å²) in [6, 6.07) is 11.9. The number of methoxy groups -OCH3 is 1. The number of fused-ring (bicyclic) bond motifs is 2. The monoisotopic (exact) mass is 430 g/mol. The van der Waals surface area contributed by atoms with Gasteiger partial charge in [0.1, 0.15) is 5.75 Å². The molecule has 0 spiro atoms. The van der Waals surface area contributed by atoms with Crippen molar-refractivity contribution in [3.63, 3.8) is 0 Å². The molecule has 1 aliphatic heterocycles. The quantitative estimate of drug-likeness (QED) is 0.401. The molecule has 1 saturated heterocycles. The summed E-state index contributed by atoms with van der Waals surface area (Å²) in [5.74, 6) is 1.03. The van der Waals surface area contributed by atoms with Crippen molar-refractivity contribution in [2.24, 2.45) is 5.73 Å². The lowest BCUT2D eigenvalue weighted by Gasteiger charge is -2.32. The number of rotatable bonds is 7. The lowest BCUT2D eigenvalue weighted by molar-refractivity contribution is 0.100. The third-order valence-electron chi connectivity index (χ3n) is 6.92. The molecule has 4 N–H and O–H groups in total. The predicted molar refractivity (Wildman–Crippen MR) is 128 cm³/mol. The zero-order chi connectivity index (χ0) is 22.1. The minimum Gasteiger partial charge on any atom is -0.497 e. The van der Waals surface area contributed by atoms with Gasteiger partial charge in [-0.15, -0.1) is 0 Å². The van der Waals surface area contributed by atoms with E-state index in [9.17, 15) is 4.79 Å². The van der Waals surface area contributed by atoms with E-state index in [2.05, 4.69) is 39.4 Å². The Balaban J connectivity index is 1.17.